The Hall–Kier alpha value is -2.10. The molecule has 0 atom stereocenters. The van der Waals surface area contributed by atoms with E-state index in [4.69, 9.17) is 0 Å². The Morgan fingerprint density at radius 2 is 1.64 bits per heavy atom. The molecule has 0 saturated heterocycles. The second-order valence-electron chi connectivity index (χ2n) is 4.08. The summed E-state index contributed by atoms with van der Waals surface area (Å²) in [6.07, 6.45) is 3.27. The normalized spacial score (nSPS) is 9.18. The van der Waals surface area contributed by atoms with E-state index in [0.717, 1.165) is 17.8 Å². The number of halogens is 2. The maximum absolute atomic E-state index is 13.2. The summed E-state index contributed by atoms with van der Waals surface area (Å²) in [6, 6.07) is 15.2. The van der Waals surface area contributed by atoms with E-state index in [1.54, 1.807) is 30.6 Å². The van der Waals surface area contributed by atoms with Gasteiger partial charge in [0, 0.05) is 24.0 Å². The number of pyridine rings is 2. The second kappa shape index (κ2) is 9.03. The largest absolute Gasteiger partial charge is 3.00 e. The summed E-state index contributed by atoms with van der Waals surface area (Å²) >= 11 is 0. The van der Waals surface area contributed by atoms with Crippen LogP contribution in [0.25, 0.3) is 11.3 Å². The fourth-order valence-corrected chi connectivity index (χ4v) is 1.55. The second-order valence-corrected chi connectivity index (χ2v) is 4.08. The van der Waals surface area contributed by atoms with Crippen molar-refractivity contribution in [2.45, 2.75) is 0 Å². The van der Waals surface area contributed by atoms with Crippen LogP contribution in [0.3, 0.4) is 0 Å². The minimum Gasteiger partial charge on any atom is -0.305 e. The third kappa shape index (κ3) is 5.35. The molecule has 0 unspecified atom stereocenters. The SMILES string of the molecule is Fc1c[c-]c(-c2ccccn2)c(F)c1.[CH2-]c1ccccn1.[Ir+3]. The molecule has 3 aromatic rings. The van der Waals surface area contributed by atoms with E-state index in [1.165, 1.54) is 0 Å². The van der Waals surface area contributed by atoms with E-state index in [2.05, 4.69) is 23.0 Å². The van der Waals surface area contributed by atoms with Gasteiger partial charge in [0.05, 0.1) is 0 Å². The molecular weight excluding hydrogens is 462 g/mol. The van der Waals surface area contributed by atoms with Crippen molar-refractivity contribution < 1.29 is 28.9 Å². The molecule has 0 aliphatic heterocycles. The molecule has 0 bridgehead atoms. The zero-order chi connectivity index (χ0) is 15.1. The van der Waals surface area contributed by atoms with Gasteiger partial charge < -0.3 is 4.98 Å². The third-order valence-corrected chi connectivity index (χ3v) is 2.51. The van der Waals surface area contributed by atoms with Crippen molar-refractivity contribution in [2.24, 2.45) is 0 Å². The summed E-state index contributed by atoms with van der Waals surface area (Å²) in [7, 11) is 0. The van der Waals surface area contributed by atoms with Gasteiger partial charge in [-0.1, -0.05) is 29.8 Å². The van der Waals surface area contributed by atoms with Gasteiger partial charge in [0.25, 0.3) is 0 Å². The van der Waals surface area contributed by atoms with E-state index in [9.17, 15) is 8.78 Å². The first-order valence-corrected chi connectivity index (χ1v) is 6.18. The number of hydrogen-bond acceptors (Lipinski definition) is 2. The van der Waals surface area contributed by atoms with Crippen molar-refractivity contribution >= 4 is 0 Å². The van der Waals surface area contributed by atoms with Gasteiger partial charge in [0.1, 0.15) is 0 Å². The smallest absolute Gasteiger partial charge is 0.305 e. The Morgan fingerprint density at radius 3 is 2.09 bits per heavy atom. The van der Waals surface area contributed by atoms with Crippen LogP contribution in [-0.2, 0) is 20.1 Å². The minimum absolute atomic E-state index is 0. The molecule has 22 heavy (non-hydrogen) atoms. The van der Waals surface area contributed by atoms with Crippen molar-refractivity contribution in [2.75, 3.05) is 0 Å². The van der Waals surface area contributed by atoms with Gasteiger partial charge in [-0.25, -0.2) is 6.92 Å². The predicted octanol–water partition coefficient (Wildman–Crippen LogP) is 4.09. The summed E-state index contributed by atoms with van der Waals surface area (Å²) in [5.41, 5.74) is 1.46. The van der Waals surface area contributed by atoms with Crippen LogP contribution in [0.4, 0.5) is 8.78 Å². The predicted molar refractivity (Wildman–Crippen MR) is 77.1 cm³/mol. The molecule has 0 spiro atoms. The molecule has 112 valence electrons. The van der Waals surface area contributed by atoms with Crippen LogP contribution in [0, 0.1) is 24.6 Å². The van der Waals surface area contributed by atoms with E-state index < -0.39 is 11.6 Å². The summed E-state index contributed by atoms with van der Waals surface area (Å²) in [5, 5.41) is 0. The van der Waals surface area contributed by atoms with E-state index in [0.29, 0.717) is 5.69 Å². The van der Waals surface area contributed by atoms with Gasteiger partial charge in [-0.15, -0.1) is 23.9 Å². The molecule has 2 nitrogen and oxygen atoms in total. The average molecular weight is 475 g/mol. The molecule has 0 amide bonds. The van der Waals surface area contributed by atoms with Crippen LogP contribution >= 0.6 is 0 Å². The average Bonchev–Trinajstić information content (AvgIpc) is 2.49. The Morgan fingerprint density at radius 1 is 0.955 bits per heavy atom. The number of rotatable bonds is 1. The van der Waals surface area contributed by atoms with E-state index in [1.807, 2.05) is 18.2 Å². The maximum Gasteiger partial charge on any atom is 3.00 e. The number of benzene rings is 1. The molecule has 0 radical (unpaired) electrons. The van der Waals surface area contributed by atoms with Crippen LogP contribution in [0.1, 0.15) is 5.69 Å². The number of hydrogen-bond donors (Lipinski definition) is 0. The summed E-state index contributed by atoms with van der Waals surface area (Å²) < 4.78 is 25.8. The van der Waals surface area contributed by atoms with E-state index in [-0.39, 0.29) is 25.7 Å². The monoisotopic (exact) mass is 475 g/mol. The van der Waals surface area contributed by atoms with Crippen molar-refractivity contribution in [1.29, 1.82) is 0 Å². The van der Waals surface area contributed by atoms with Crippen molar-refractivity contribution in [3.05, 3.63) is 91.2 Å². The molecule has 3 rings (SSSR count). The molecule has 0 N–H and O–H groups in total. The van der Waals surface area contributed by atoms with Gasteiger partial charge in [0.15, 0.2) is 0 Å². The first kappa shape index (κ1) is 17.9. The van der Waals surface area contributed by atoms with Crippen molar-refractivity contribution in [3.8, 4) is 11.3 Å². The van der Waals surface area contributed by atoms with E-state index >= 15 is 0 Å². The Kier molecular flexibility index (Phi) is 7.37. The molecule has 2 aromatic heterocycles. The molecule has 5 heteroatoms. The first-order chi connectivity index (χ1) is 10.2. The molecule has 0 aliphatic rings. The van der Waals surface area contributed by atoms with Crippen LogP contribution in [0.15, 0.2) is 60.9 Å². The Labute approximate surface area is 141 Å². The van der Waals surface area contributed by atoms with Gasteiger partial charge >= 0.3 is 20.1 Å². The van der Waals surface area contributed by atoms with Crippen LogP contribution in [0.2, 0.25) is 0 Å². The van der Waals surface area contributed by atoms with Gasteiger partial charge in [-0.05, 0) is 11.8 Å². The van der Waals surface area contributed by atoms with Gasteiger partial charge in [0.2, 0.25) is 0 Å². The number of aromatic nitrogens is 2. The topological polar surface area (TPSA) is 25.8 Å². The molecule has 0 fully saturated rings. The molecule has 0 aliphatic carbocycles. The first-order valence-electron chi connectivity index (χ1n) is 6.18. The Balaban J connectivity index is 0.000000258. The fourth-order valence-electron chi connectivity index (χ4n) is 1.55. The Bertz CT molecular complexity index is 692. The minimum atomic E-state index is -0.649. The van der Waals surface area contributed by atoms with Crippen LogP contribution in [0.5, 0.6) is 0 Å². The molecular formula is C17H12F2IrN2+. The summed E-state index contributed by atoms with van der Waals surface area (Å²) in [5.74, 6) is -1.29. The third-order valence-electron chi connectivity index (χ3n) is 2.51. The van der Waals surface area contributed by atoms with Crippen LogP contribution in [-0.4, -0.2) is 9.97 Å². The number of nitrogens with zero attached hydrogens (tertiary/aromatic N) is 2. The van der Waals surface area contributed by atoms with Crippen LogP contribution < -0.4 is 0 Å². The molecule has 1 aromatic carbocycles. The fraction of sp³-hybridized carbons (Fsp3) is 0. The zero-order valence-corrected chi connectivity index (χ0v) is 13.9. The maximum atomic E-state index is 13.2. The standard InChI is InChI=1S/C11H6F2N.C6H6N.Ir/c12-8-4-5-9(10(13)7-8)11-3-1-2-6-14-11;1-6-4-2-3-5-7-6;/h1-4,6-7H;2-5H,1H2;/q2*-1;+3. The van der Waals surface area contributed by atoms with Crippen molar-refractivity contribution in [1.82, 2.24) is 9.97 Å². The zero-order valence-electron chi connectivity index (χ0n) is 11.5. The molecule has 2 heterocycles. The molecule has 0 saturated carbocycles. The van der Waals surface area contributed by atoms with Gasteiger partial charge in [-0.3, -0.25) is 13.8 Å². The summed E-state index contributed by atoms with van der Waals surface area (Å²) in [4.78, 5) is 7.81. The van der Waals surface area contributed by atoms with Crippen molar-refractivity contribution in [3.63, 3.8) is 0 Å². The van der Waals surface area contributed by atoms with Gasteiger partial charge in [-0.2, -0.15) is 6.07 Å². The summed E-state index contributed by atoms with van der Waals surface area (Å²) in [6.45, 7) is 3.61. The quantitative estimate of drug-likeness (QED) is 0.497.